The van der Waals surface area contributed by atoms with Gasteiger partial charge in [-0.1, -0.05) is 19.1 Å². The molecule has 3 aromatic rings. The van der Waals surface area contributed by atoms with Crippen molar-refractivity contribution < 1.29 is 23.8 Å². The molecule has 0 radical (unpaired) electrons. The molecule has 3 atom stereocenters. The average Bonchev–Trinajstić information content (AvgIpc) is 2.90. The number of rotatable bonds is 6. The number of likely N-dealkylation sites (N-methyl/N-ethyl adjacent to an activating group) is 1. The predicted octanol–water partition coefficient (Wildman–Crippen LogP) is 3.28. The van der Waals surface area contributed by atoms with Crippen molar-refractivity contribution in [1.29, 1.82) is 0 Å². The lowest BCUT2D eigenvalue weighted by molar-refractivity contribution is 0.0313. The van der Waals surface area contributed by atoms with Gasteiger partial charge in [0.25, 0.3) is 11.8 Å². The Kier molecular flexibility index (Phi) is 7.59. The highest BCUT2D eigenvalue weighted by atomic mass is 19.1. The minimum absolute atomic E-state index is 0.155. The van der Waals surface area contributed by atoms with Gasteiger partial charge in [-0.25, -0.2) is 9.37 Å². The number of fused-ring (bicyclic) bond motifs is 1. The van der Waals surface area contributed by atoms with Crippen LogP contribution >= 0.6 is 0 Å². The molecule has 188 valence electrons. The number of aliphatic hydroxyl groups is 1. The molecule has 0 saturated heterocycles. The Balaban J connectivity index is 1.68. The van der Waals surface area contributed by atoms with Crippen LogP contribution in [0.3, 0.4) is 0 Å². The third-order valence-corrected chi connectivity index (χ3v) is 6.43. The average molecular weight is 493 g/mol. The van der Waals surface area contributed by atoms with Crippen LogP contribution < -0.4 is 4.74 Å². The van der Waals surface area contributed by atoms with Gasteiger partial charge in [0.15, 0.2) is 0 Å². The highest BCUT2D eigenvalue weighted by Crippen LogP contribution is 2.30. The third kappa shape index (κ3) is 5.36. The van der Waals surface area contributed by atoms with Crippen molar-refractivity contribution in [3.8, 4) is 17.0 Å². The molecule has 0 unspecified atom stereocenters. The van der Waals surface area contributed by atoms with Gasteiger partial charge in [-0.2, -0.15) is 0 Å². The Morgan fingerprint density at radius 2 is 1.92 bits per heavy atom. The molecule has 0 saturated carbocycles. The lowest BCUT2D eigenvalue weighted by Crippen LogP contribution is -2.50. The first-order valence-electron chi connectivity index (χ1n) is 11.8. The molecule has 8 nitrogen and oxygen atoms in total. The molecule has 3 heterocycles. The fourth-order valence-corrected chi connectivity index (χ4v) is 4.19. The third-order valence-electron chi connectivity index (χ3n) is 6.43. The number of halogens is 1. The van der Waals surface area contributed by atoms with Crippen LogP contribution in [0.2, 0.25) is 0 Å². The molecule has 0 fully saturated rings. The Hall–Kier alpha value is -3.85. The molecular formula is C27H29FN4O4. The molecule has 0 spiro atoms. The van der Waals surface area contributed by atoms with E-state index in [2.05, 4.69) is 9.97 Å². The van der Waals surface area contributed by atoms with E-state index in [1.165, 1.54) is 12.1 Å². The summed E-state index contributed by atoms with van der Waals surface area (Å²) in [5.41, 5.74) is 2.10. The lowest BCUT2D eigenvalue weighted by atomic mass is 9.99. The maximum Gasteiger partial charge on any atom is 0.259 e. The van der Waals surface area contributed by atoms with Crippen molar-refractivity contribution in [3.63, 3.8) is 0 Å². The zero-order valence-corrected chi connectivity index (χ0v) is 20.5. The van der Waals surface area contributed by atoms with Crippen LogP contribution in [0.5, 0.6) is 5.88 Å². The summed E-state index contributed by atoms with van der Waals surface area (Å²) in [6.45, 7) is 4.10. The topological polar surface area (TPSA) is 95.9 Å². The number of hydrogen-bond donors (Lipinski definition) is 1. The summed E-state index contributed by atoms with van der Waals surface area (Å²) in [6, 6.07) is 10.5. The van der Waals surface area contributed by atoms with E-state index in [1.807, 2.05) is 6.92 Å². The van der Waals surface area contributed by atoms with Gasteiger partial charge in [0.1, 0.15) is 17.5 Å². The van der Waals surface area contributed by atoms with Gasteiger partial charge in [-0.05, 0) is 42.8 Å². The summed E-state index contributed by atoms with van der Waals surface area (Å²) >= 11 is 0. The van der Waals surface area contributed by atoms with Crippen LogP contribution in [0, 0.1) is 11.7 Å². The Morgan fingerprint density at radius 1 is 1.22 bits per heavy atom. The molecule has 36 heavy (non-hydrogen) atoms. The van der Waals surface area contributed by atoms with Crippen molar-refractivity contribution in [2.75, 3.05) is 26.7 Å². The summed E-state index contributed by atoms with van der Waals surface area (Å²) in [4.78, 5) is 38.1. The highest BCUT2D eigenvalue weighted by molar-refractivity contribution is 5.98. The van der Waals surface area contributed by atoms with Crippen LogP contribution in [-0.4, -0.2) is 75.6 Å². The number of benzene rings is 1. The van der Waals surface area contributed by atoms with Gasteiger partial charge in [0.2, 0.25) is 5.88 Å². The van der Waals surface area contributed by atoms with Crippen LogP contribution in [0.1, 0.15) is 34.6 Å². The summed E-state index contributed by atoms with van der Waals surface area (Å²) in [6.07, 6.45) is 4.24. The first-order valence-corrected chi connectivity index (χ1v) is 11.8. The second-order valence-electron chi connectivity index (χ2n) is 9.13. The maximum atomic E-state index is 13.6. The molecule has 1 aliphatic heterocycles. The lowest BCUT2D eigenvalue weighted by Gasteiger charge is -2.37. The van der Waals surface area contributed by atoms with Gasteiger partial charge >= 0.3 is 0 Å². The monoisotopic (exact) mass is 492 g/mol. The van der Waals surface area contributed by atoms with Crippen molar-refractivity contribution in [2.24, 2.45) is 5.92 Å². The van der Waals surface area contributed by atoms with E-state index in [1.54, 1.807) is 72.7 Å². The normalized spacial score (nSPS) is 18.5. The van der Waals surface area contributed by atoms with Crippen molar-refractivity contribution in [1.82, 2.24) is 19.8 Å². The summed E-state index contributed by atoms with van der Waals surface area (Å²) in [5, 5.41) is 9.84. The molecular weight excluding hydrogens is 463 g/mol. The standard InChI is InChI=1S/C27H29FN4O4/c1-17-14-32(18(2)16-33)27(35)23-12-21(19-4-6-22(28)7-5-19)13-30-25(23)36-24(17)15-31(3)26(34)20-8-10-29-11-9-20/h4-13,17-18,24,33H,14-16H2,1-3H3/t17-,18-,24-/m1/s1. The van der Waals surface area contributed by atoms with E-state index < -0.39 is 12.1 Å². The number of carbonyl (C=O) groups excluding carboxylic acids is 2. The Morgan fingerprint density at radius 3 is 2.58 bits per heavy atom. The molecule has 2 aromatic heterocycles. The largest absolute Gasteiger partial charge is 0.472 e. The molecule has 4 rings (SSSR count). The van der Waals surface area contributed by atoms with Crippen molar-refractivity contribution in [2.45, 2.75) is 26.0 Å². The van der Waals surface area contributed by atoms with Gasteiger partial charge in [0.05, 0.1) is 19.2 Å². The zero-order valence-electron chi connectivity index (χ0n) is 20.5. The Labute approximate surface area is 209 Å². The molecule has 0 bridgehead atoms. The second-order valence-corrected chi connectivity index (χ2v) is 9.13. The number of hydrogen-bond acceptors (Lipinski definition) is 6. The van der Waals surface area contributed by atoms with E-state index >= 15 is 0 Å². The van der Waals surface area contributed by atoms with Gasteiger partial charge in [-0.3, -0.25) is 14.6 Å². The summed E-state index contributed by atoms with van der Waals surface area (Å²) in [5.74, 6) is -0.853. The van der Waals surface area contributed by atoms with Crippen LogP contribution in [-0.2, 0) is 0 Å². The SMILES string of the molecule is C[C@@H]1CN([C@H](C)CO)C(=O)c2cc(-c3ccc(F)cc3)cnc2O[C@@H]1CN(C)C(=O)c1ccncc1. The molecule has 1 N–H and O–H groups in total. The van der Waals surface area contributed by atoms with E-state index in [-0.39, 0.29) is 48.1 Å². The van der Waals surface area contributed by atoms with Crippen LogP contribution in [0.25, 0.3) is 11.1 Å². The van der Waals surface area contributed by atoms with E-state index in [9.17, 15) is 19.1 Å². The number of nitrogens with zero attached hydrogens (tertiary/aromatic N) is 4. The first-order chi connectivity index (χ1) is 17.3. The number of carbonyl (C=O) groups is 2. The number of amides is 2. The van der Waals surface area contributed by atoms with E-state index in [0.717, 1.165) is 0 Å². The molecule has 9 heteroatoms. The van der Waals surface area contributed by atoms with Gasteiger partial charge in [0, 0.05) is 49.2 Å². The summed E-state index contributed by atoms with van der Waals surface area (Å²) in [7, 11) is 1.70. The number of aromatic nitrogens is 2. The van der Waals surface area contributed by atoms with E-state index in [0.29, 0.717) is 23.2 Å². The van der Waals surface area contributed by atoms with E-state index in [4.69, 9.17) is 4.74 Å². The molecule has 1 aliphatic rings. The van der Waals surface area contributed by atoms with Crippen LogP contribution in [0.15, 0.2) is 61.1 Å². The van der Waals surface area contributed by atoms with Crippen LogP contribution in [0.4, 0.5) is 4.39 Å². The number of pyridine rings is 2. The summed E-state index contributed by atoms with van der Waals surface area (Å²) < 4.78 is 19.7. The Bertz CT molecular complexity index is 1220. The van der Waals surface area contributed by atoms with Gasteiger partial charge in [-0.15, -0.1) is 0 Å². The predicted molar refractivity (Wildman–Crippen MR) is 132 cm³/mol. The minimum atomic E-state index is -0.467. The fourth-order valence-electron chi connectivity index (χ4n) is 4.19. The maximum absolute atomic E-state index is 13.6. The van der Waals surface area contributed by atoms with Gasteiger partial charge < -0.3 is 19.6 Å². The molecule has 0 aliphatic carbocycles. The fraction of sp³-hybridized carbons (Fsp3) is 0.333. The number of ether oxygens (including phenoxy) is 1. The second kappa shape index (κ2) is 10.8. The molecule has 1 aromatic carbocycles. The first kappa shape index (κ1) is 25.2. The van der Waals surface area contributed by atoms with Crippen molar-refractivity contribution >= 4 is 11.8 Å². The van der Waals surface area contributed by atoms with Crippen molar-refractivity contribution in [3.05, 3.63) is 78.0 Å². The number of aliphatic hydroxyl groups excluding tert-OH is 1. The quantitative estimate of drug-likeness (QED) is 0.568. The minimum Gasteiger partial charge on any atom is -0.472 e. The highest BCUT2D eigenvalue weighted by Gasteiger charge is 2.35. The zero-order chi connectivity index (χ0) is 25.8. The smallest absolute Gasteiger partial charge is 0.259 e. The molecule has 2 amide bonds.